The Morgan fingerprint density at radius 1 is 1.00 bits per heavy atom. The van der Waals surface area contributed by atoms with Gasteiger partial charge in [0.2, 0.25) is 0 Å². The van der Waals surface area contributed by atoms with Crippen molar-refractivity contribution in [3.63, 3.8) is 0 Å². The van der Waals surface area contributed by atoms with Gasteiger partial charge in [-0.05, 0) is 37.8 Å². The number of carbonyl (C=O) groups is 1. The SMILES string of the molecule is CC1=C(C(=O)C2=C(C)C=CC2)CC=C1. The van der Waals surface area contributed by atoms with Gasteiger partial charge in [0, 0.05) is 11.1 Å². The van der Waals surface area contributed by atoms with Crippen LogP contribution < -0.4 is 0 Å². The molecule has 0 heterocycles. The molecule has 2 aliphatic rings. The van der Waals surface area contributed by atoms with E-state index in [1.165, 1.54) is 0 Å². The third-order valence-corrected chi connectivity index (χ3v) is 2.88. The predicted molar refractivity (Wildman–Crippen MR) is 57.9 cm³/mol. The van der Waals surface area contributed by atoms with Gasteiger partial charge in [-0.2, -0.15) is 0 Å². The molecule has 0 amide bonds. The fraction of sp³-hybridized carbons (Fsp3) is 0.308. The zero-order chi connectivity index (χ0) is 10.1. The quantitative estimate of drug-likeness (QED) is 0.647. The molecule has 0 spiro atoms. The standard InChI is InChI=1S/C13H14O/c1-9-5-3-7-11(9)13(14)12-8-4-6-10(12)2/h3-6H,7-8H2,1-2H3. The Bertz CT molecular complexity index is 365. The molecule has 0 bridgehead atoms. The molecule has 72 valence electrons. The summed E-state index contributed by atoms with van der Waals surface area (Å²) < 4.78 is 0. The molecule has 0 aromatic rings. The molecule has 0 aromatic carbocycles. The van der Waals surface area contributed by atoms with Crippen molar-refractivity contribution in [3.8, 4) is 0 Å². The molecule has 1 heteroatoms. The van der Waals surface area contributed by atoms with Crippen LogP contribution in [0.25, 0.3) is 0 Å². The first-order chi connectivity index (χ1) is 6.70. The monoisotopic (exact) mass is 186 g/mol. The van der Waals surface area contributed by atoms with Gasteiger partial charge in [-0.1, -0.05) is 24.3 Å². The van der Waals surface area contributed by atoms with Crippen LogP contribution in [0.1, 0.15) is 26.7 Å². The van der Waals surface area contributed by atoms with Crippen molar-refractivity contribution < 1.29 is 4.79 Å². The summed E-state index contributed by atoms with van der Waals surface area (Å²) in [5, 5.41) is 0. The van der Waals surface area contributed by atoms with Crippen LogP contribution in [-0.4, -0.2) is 5.78 Å². The Labute approximate surface area is 84.5 Å². The van der Waals surface area contributed by atoms with Crippen molar-refractivity contribution in [1.29, 1.82) is 0 Å². The van der Waals surface area contributed by atoms with E-state index in [4.69, 9.17) is 0 Å². The van der Waals surface area contributed by atoms with Crippen molar-refractivity contribution in [2.75, 3.05) is 0 Å². The van der Waals surface area contributed by atoms with E-state index in [1.807, 2.05) is 26.0 Å². The van der Waals surface area contributed by atoms with E-state index in [-0.39, 0.29) is 5.78 Å². The van der Waals surface area contributed by atoms with Crippen molar-refractivity contribution in [3.05, 3.63) is 46.6 Å². The predicted octanol–water partition coefficient (Wildman–Crippen LogP) is 3.11. The molecule has 0 aliphatic heterocycles. The van der Waals surface area contributed by atoms with E-state index in [2.05, 4.69) is 12.2 Å². The van der Waals surface area contributed by atoms with Gasteiger partial charge in [0.15, 0.2) is 5.78 Å². The maximum atomic E-state index is 12.1. The minimum absolute atomic E-state index is 0.245. The number of rotatable bonds is 2. The highest BCUT2D eigenvalue weighted by atomic mass is 16.1. The lowest BCUT2D eigenvalue weighted by Gasteiger charge is -2.05. The van der Waals surface area contributed by atoms with Crippen LogP contribution in [0.3, 0.4) is 0 Å². The third kappa shape index (κ3) is 1.39. The fourth-order valence-electron chi connectivity index (χ4n) is 1.96. The average Bonchev–Trinajstić information content (AvgIpc) is 2.73. The summed E-state index contributed by atoms with van der Waals surface area (Å²) >= 11 is 0. The summed E-state index contributed by atoms with van der Waals surface area (Å²) in [5.74, 6) is 0.245. The zero-order valence-corrected chi connectivity index (χ0v) is 8.63. The first-order valence-corrected chi connectivity index (χ1v) is 4.97. The first-order valence-electron chi connectivity index (χ1n) is 4.97. The minimum atomic E-state index is 0.245. The highest BCUT2D eigenvalue weighted by Gasteiger charge is 2.20. The molecular formula is C13H14O. The van der Waals surface area contributed by atoms with Crippen molar-refractivity contribution in [2.45, 2.75) is 26.7 Å². The molecule has 0 radical (unpaired) electrons. The third-order valence-electron chi connectivity index (χ3n) is 2.88. The number of carbonyl (C=O) groups excluding carboxylic acids is 1. The van der Waals surface area contributed by atoms with Crippen LogP contribution in [0.15, 0.2) is 46.6 Å². The summed E-state index contributed by atoms with van der Waals surface area (Å²) in [4.78, 5) is 12.1. The Hall–Kier alpha value is -1.37. The van der Waals surface area contributed by atoms with Gasteiger partial charge in [-0.25, -0.2) is 0 Å². The number of Topliss-reactive ketones (excluding diaryl/α,β-unsaturated/α-hetero) is 1. The number of allylic oxidation sites excluding steroid dienone is 8. The average molecular weight is 186 g/mol. The molecular weight excluding hydrogens is 172 g/mol. The molecule has 0 saturated heterocycles. The highest BCUT2D eigenvalue weighted by molar-refractivity contribution is 6.10. The smallest absolute Gasteiger partial charge is 0.186 e. The van der Waals surface area contributed by atoms with E-state index in [9.17, 15) is 4.79 Å². The van der Waals surface area contributed by atoms with Gasteiger partial charge in [-0.3, -0.25) is 4.79 Å². The molecule has 0 saturated carbocycles. The largest absolute Gasteiger partial charge is 0.289 e. The van der Waals surface area contributed by atoms with Crippen LogP contribution >= 0.6 is 0 Å². The number of hydrogen-bond donors (Lipinski definition) is 0. The van der Waals surface area contributed by atoms with Crippen LogP contribution in [-0.2, 0) is 4.79 Å². The topological polar surface area (TPSA) is 17.1 Å². The maximum absolute atomic E-state index is 12.1. The Morgan fingerprint density at radius 2 is 1.43 bits per heavy atom. The summed E-state index contributed by atoms with van der Waals surface area (Å²) in [6.45, 7) is 4.02. The van der Waals surface area contributed by atoms with E-state index < -0.39 is 0 Å². The molecule has 0 aromatic heterocycles. The van der Waals surface area contributed by atoms with Gasteiger partial charge < -0.3 is 0 Å². The number of hydrogen-bond acceptors (Lipinski definition) is 1. The number of ketones is 1. The lowest BCUT2D eigenvalue weighted by Crippen LogP contribution is -2.06. The van der Waals surface area contributed by atoms with E-state index in [0.717, 1.165) is 35.1 Å². The second-order valence-electron chi connectivity index (χ2n) is 3.87. The van der Waals surface area contributed by atoms with Crippen molar-refractivity contribution in [2.24, 2.45) is 0 Å². The van der Waals surface area contributed by atoms with E-state index in [1.54, 1.807) is 0 Å². The van der Waals surface area contributed by atoms with E-state index in [0.29, 0.717) is 0 Å². The summed E-state index contributed by atoms with van der Waals surface area (Å²) in [6, 6.07) is 0. The summed E-state index contributed by atoms with van der Waals surface area (Å²) in [5.41, 5.74) is 4.20. The van der Waals surface area contributed by atoms with Crippen LogP contribution in [0.4, 0.5) is 0 Å². The molecule has 2 rings (SSSR count). The molecule has 0 unspecified atom stereocenters. The lowest BCUT2D eigenvalue weighted by molar-refractivity contribution is -0.112. The van der Waals surface area contributed by atoms with Gasteiger partial charge in [0.05, 0.1) is 0 Å². The maximum Gasteiger partial charge on any atom is 0.186 e. The second kappa shape index (κ2) is 3.41. The van der Waals surface area contributed by atoms with Crippen molar-refractivity contribution >= 4 is 5.78 Å². The van der Waals surface area contributed by atoms with E-state index >= 15 is 0 Å². The van der Waals surface area contributed by atoms with Gasteiger partial charge in [0.1, 0.15) is 0 Å². The Morgan fingerprint density at radius 3 is 1.71 bits per heavy atom. The lowest BCUT2D eigenvalue weighted by atomic mass is 9.97. The molecule has 0 fully saturated rings. The molecule has 0 N–H and O–H groups in total. The van der Waals surface area contributed by atoms with Crippen LogP contribution in [0, 0.1) is 0 Å². The Balaban J connectivity index is 2.27. The first kappa shape index (κ1) is 9.20. The van der Waals surface area contributed by atoms with Crippen LogP contribution in [0.5, 0.6) is 0 Å². The second-order valence-corrected chi connectivity index (χ2v) is 3.87. The fourth-order valence-corrected chi connectivity index (χ4v) is 1.96. The van der Waals surface area contributed by atoms with Crippen molar-refractivity contribution in [1.82, 2.24) is 0 Å². The molecule has 14 heavy (non-hydrogen) atoms. The van der Waals surface area contributed by atoms with Crippen LogP contribution in [0.2, 0.25) is 0 Å². The Kier molecular flexibility index (Phi) is 2.24. The highest BCUT2D eigenvalue weighted by Crippen LogP contribution is 2.27. The molecule has 0 atom stereocenters. The summed E-state index contributed by atoms with van der Waals surface area (Å²) in [6.07, 6.45) is 9.79. The zero-order valence-electron chi connectivity index (χ0n) is 8.63. The van der Waals surface area contributed by atoms with Gasteiger partial charge in [-0.15, -0.1) is 0 Å². The van der Waals surface area contributed by atoms with Gasteiger partial charge in [0.25, 0.3) is 0 Å². The van der Waals surface area contributed by atoms with Gasteiger partial charge >= 0.3 is 0 Å². The summed E-state index contributed by atoms with van der Waals surface area (Å²) in [7, 11) is 0. The molecule has 1 nitrogen and oxygen atoms in total. The molecule has 2 aliphatic carbocycles. The minimum Gasteiger partial charge on any atom is -0.289 e. The normalized spacial score (nSPS) is 20.1.